The molecule has 0 aromatic heterocycles. The summed E-state index contributed by atoms with van der Waals surface area (Å²) in [4.78, 5) is 2.63. The Morgan fingerprint density at radius 1 is 0.905 bits per heavy atom. The number of ether oxygens (including phenoxy) is 2. The van der Waals surface area contributed by atoms with Gasteiger partial charge >= 0.3 is 0 Å². The molecule has 0 atom stereocenters. The zero-order valence-electron chi connectivity index (χ0n) is 12.7. The van der Waals surface area contributed by atoms with Crippen LogP contribution >= 0.6 is 0 Å². The van der Waals surface area contributed by atoms with Crippen molar-refractivity contribution >= 4 is 0 Å². The quantitative estimate of drug-likeness (QED) is 0.834. The summed E-state index contributed by atoms with van der Waals surface area (Å²) < 4.78 is 11.7. The van der Waals surface area contributed by atoms with Crippen LogP contribution in [0.4, 0.5) is 0 Å². The first-order valence-corrected chi connectivity index (χ1v) is 8.32. The molecule has 114 valence electrons. The molecular formula is C18H25NO2. The van der Waals surface area contributed by atoms with Gasteiger partial charge in [-0.2, -0.15) is 0 Å². The predicted octanol–water partition coefficient (Wildman–Crippen LogP) is 3.20. The van der Waals surface area contributed by atoms with Crippen LogP contribution in [0.3, 0.4) is 0 Å². The van der Waals surface area contributed by atoms with Crippen LogP contribution in [0.2, 0.25) is 0 Å². The Labute approximate surface area is 127 Å². The first kappa shape index (κ1) is 13.7. The highest BCUT2D eigenvalue weighted by Crippen LogP contribution is 2.49. The number of hydrogen-bond acceptors (Lipinski definition) is 3. The molecule has 21 heavy (non-hydrogen) atoms. The molecule has 0 radical (unpaired) electrons. The Morgan fingerprint density at radius 2 is 1.62 bits per heavy atom. The molecule has 2 aliphatic heterocycles. The normalized spacial score (nSPS) is 27.6. The van der Waals surface area contributed by atoms with E-state index in [1.54, 1.807) is 0 Å². The third-order valence-corrected chi connectivity index (χ3v) is 5.65. The fourth-order valence-electron chi connectivity index (χ4n) is 4.36. The van der Waals surface area contributed by atoms with Gasteiger partial charge in [0.1, 0.15) is 0 Å². The third kappa shape index (κ3) is 2.75. The second-order valence-electron chi connectivity index (χ2n) is 7.05. The molecule has 0 unspecified atom stereocenters. The topological polar surface area (TPSA) is 21.7 Å². The number of benzene rings is 1. The maximum atomic E-state index is 5.87. The van der Waals surface area contributed by atoms with Gasteiger partial charge in [-0.1, -0.05) is 30.3 Å². The lowest BCUT2D eigenvalue weighted by Gasteiger charge is -2.41. The Hall–Kier alpha value is -0.900. The zero-order valence-corrected chi connectivity index (χ0v) is 12.7. The van der Waals surface area contributed by atoms with Gasteiger partial charge in [-0.15, -0.1) is 0 Å². The monoisotopic (exact) mass is 287 g/mol. The summed E-state index contributed by atoms with van der Waals surface area (Å²) in [7, 11) is 0. The minimum atomic E-state index is -0.210. The van der Waals surface area contributed by atoms with E-state index >= 15 is 0 Å². The molecule has 2 heterocycles. The highest BCUT2D eigenvalue weighted by atomic mass is 16.7. The van der Waals surface area contributed by atoms with Crippen LogP contribution in [-0.4, -0.2) is 37.0 Å². The summed E-state index contributed by atoms with van der Waals surface area (Å²) in [6.45, 7) is 5.16. The maximum Gasteiger partial charge on any atom is 0.168 e. The minimum absolute atomic E-state index is 0.210. The summed E-state index contributed by atoms with van der Waals surface area (Å²) in [5.74, 6) is -0.210. The molecule has 0 N–H and O–H groups in total. The lowest BCUT2D eigenvalue weighted by atomic mass is 9.71. The van der Waals surface area contributed by atoms with Gasteiger partial charge in [0.15, 0.2) is 5.79 Å². The molecular weight excluding hydrogens is 262 g/mol. The van der Waals surface area contributed by atoms with Gasteiger partial charge in [0.25, 0.3) is 0 Å². The van der Waals surface area contributed by atoms with E-state index in [0.717, 1.165) is 32.6 Å². The molecule has 2 spiro atoms. The molecule has 1 aliphatic carbocycles. The fraction of sp³-hybridized carbons (Fsp3) is 0.667. The Kier molecular flexibility index (Phi) is 3.52. The van der Waals surface area contributed by atoms with Crippen molar-refractivity contribution < 1.29 is 9.47 Å². The van der Waals surface area contributed by atoms with Gasteiger partial charge in [-0.3, -0.25) is 4.90 Å². The molecule has 0 amide bonds. The molecule has 1 saturated carbocycles. The maximum absolute atomic E-state index is 5.87. The summed E-state index contributed by atoms with van der Waals surface area (Å²) in [6, 6.07) is 10.8. The largest absolute Gasteiger partial charge is 0.348 e. The first-order valence-electron chi connectivity index (χ1n) is 8.32. The van der Waals surface area contributed by atoms with Gasteiger partial charge in [0, 0.05) is 25.9 Å². The molecule has 4 rings (SSSR count). The van der Waals surface area contributed by atoms with Crippen molar-refractivity contribution in [3.8, 4) is 0 Å². The van der Waals surface area contributed by atoms with Gasteiger partial charge < -0.3 is 9.47 Å². The molecule has 3 heteroatoms. The van der Waals surface area contributed by atoms with Crippen molar-refractivity contribution in [3.63, 3.8) is 0 Å². The summed E-state index contributed by atoms with van der Waals surface area (Å²) in [5, 5.41) is 0. The zero-order chi connectivity index (χ0) is 14.2. The van der Waals surface area contributed by atoms with Crippen LogP contribution in [0.1, 0.15) is 37.7 Å². The van der Waals surface area contributed by atoms with Crippen LogP contribution in [0.25, 0.3) is 0 Å². The highest BCUT2D eigenvalue weighted by Gasteiger charge is 2.48. The Morgan fingerprint density at radius 3 is 2.33 bits per heavy atom. The SMILES string of the molecule is c1ccc(CN2CCC3(CCC4(CC3)OCCO4)C2)cc1. The number of rotatable bonds is 2. The van der Waals surface area contributed by atoms with Crippen LogP contribution in [0.15, 0.2) is 30.3 Å². The lowest BCUT2D eigenvalue weighted by molar-refractivity contribution is -0.190. The van der Waals surface area contributed by atoms with E-state index in [4.69, 9.17) is 9.47 Å². The Bertz CT molecular complexity index is 471. The van der Waals surface area contributed by atoms with E-state index in [1.165, 1.54) is 37.9 Å². The van der Waals surface area contributed by atoms with Crippen molar-refractivity contribution in [2.75, 3.05) is 26.3 Å². The molecule has 0 bridgehead atoms. The van der Waals surface area contributed by atoms with Gasteiger partial charge in [0.05, 0.1) is 13.2 Å². The van der Waals surface area contributed by atoms with E-state index in [2.05, 4.69) is 35.2 Å². The number of likely N-dealkylation sites (tertiary alicyclic amines) is 1. The average molecular weight is 287 g/mol. The van der Waals surface area contributed by atoms with Crippen LogP contribution in [0.5, 0.6) is 0 Å². The van der Waals surface area contributed by atoms with E-state index in [0.29, 0.717) is 5.41 Å². The van der Waals surface area contributed by atoms with Gasteiger partial charge in [-0.05, 0) is 36.8 Å². The van der Waals surface area contributed by atoms with Gasteiger partial charge in [0.2, 0.25) is 0 Å². The molecule has 3 nitrogen and oxygen atoms in total. The predicted molar refractivity (Wildman–Crippen MR) is 81.9 cm³/mol. The van der Waals surface area contributed by atoms with E-state index in [-0.39, 0.29) is 5.79 Å². The Balaban J connectivity index is 1.36. The van der Waals surface area contributed by atoms with Gasteiger partial charge in [-0.25, -0.2) is 0 Å². The summed E-state index contributed by atoms with van der Waals surface area (Å²) >= 11 is 0. The smallest absolute Gasteiger partial charge is 0.168 e. The van der Waals surface area contributed by atoms with E-state index in [1.807, 2.05) is 0 Å². The lowest BCUT2D eigenvalue weighted by Crippen LogP contribution is -2.41. The third-order valence-electron chi connectivity index (χ3n) is 5.65. The van der Waals surface area contributed by atoms with Crippen LogP contribution in [-0.2, 0) is 16.0 Å². The second kappa shape index (κ2) is 5.38. The summed E-state index contributed by atoms with van der Waals surface area (Å²) in [6.07, 6.45) is 6.05. The molecule has 1 aromatic carbocycles. The second-order valence-corrected chi connectivity index (χ2v) is 7.05. The van der Waals surface area contributed by atoms with E-state index in [9.17, 15) is 0 Å². The molecule has 3 fully saturated rings. The molecule has 2 saturated heterocycles. The van der Waals surface area contributed by atoms with Crippen LogP contribution in [0, 0.1) is 5.41 Å². The highest BCUT2D eigenvalue weighted by molar-refractivity contribution is 5.15. The van der Waals surface area contributed by atoms with Crippen molar-refractivity contribution in [1.29, 1.82) is 0 Å². The van der Waals surface area contributed by atoms with Crippen molar-refractivity contribution in [2.24, 2.45) is 5.41 Å². The first-order chi connectivity index (χ1) is 10.3. The van der Waals surface area contributed by atoms with E-state index < -0.39 is 0 Å². The van der Waals surface area contributed by atoms with Crippen molar-refractivity contribution in [2.45, 2.75) is 44.4 Å². The standard InChI is InChI=1S/C18H25NO2/c1-2-4-16(5-3-1)14-19-11-10-17(15-19)6-8-18(9-7-17)20-12-13-21-18/h1-5H,6-15H2. The molecule has 1 aromatic rings. The fourth-order valence-corrected chi connectivity index (χ4v) is 4.36. The van der Waals surface area contributed by atoms with Crippen molar-refractivity contribution in [3.05, 3.63) is 35.9 Å². The average Bonchev–Trinajstić information content (AvgIpc) is 3.12. The number of nitrogens with zero attached hydrogens (tertiary/aromatic N) is 1. The number of hydrogen-bond donors (Lipinski definition) is 0. The molecule has 3 aliphatic rings. The minimum Gasteiger partial charge on any atom is -0.348 e. The van der Waals surface area contributed by atoms with Crippen LogP contribution < -0.4 is 0 Å². The summed E-state index contributed by atoms with van der Waals surface area (Å²) in [5.41, 5.74) is 1.96. The van der Waals surface area contributed by atoms with Crippen molar-refractivity contribution in [1.82, 2.24) is 4.90 Å².